The van der Waals surface area contributed by atoms with E-state index in [9.17, 15) is 15.0 Å². The highest BCUT2D eigenvalue weighted by Gasteiger charge is 2.22. The van der Waals surface area contributed by atoms with Crippen LogP contribution in [0.3, 0.4) is 0 Å². The van der Waals surface area contributed by atoms with E-state index in [2.05, 4.69) is 15.2 Å². The molecule has 140 valence electrons. The van der Waals surface area contributed by atoms with Gasteiger partial charge in [0.05, 0.1) is 5.52 Å². The van der Waals surface area contributed by atoms with Gasteiger partial charge in [-0.1, -0.05) is 53.0 Å². The number of halogens is 3. The van der Waals surface area contributed by atoms with Crippen molar-refractivity contribution in [1.29, 1.82) is 0 Å². The van der Waals surface area contributed by atoms with Gasteiger partial charge in [-0.3, -0.25) is 0 Å². The quantitative estimate of drug-likeness (QED) is 0.372. The molecular weight excluding hydrogens is 415 g/mol. The Labute approximate surface area is 168 Å². The van der Waals surface area contributed by atoms with Crippen LogP contribution in [0.1, 0.15) is 30.4 Å². The minimum Gasteiger partial charge on any atom is -0.493 e. The number of hydrogen-bond donors (Lipinski definition) is 2. The first-order valence-corrected chi connectivity index (χ1v) is 8.88. The molecule has 0 amide bonds. The summed E-state index contributed by atoms with van der Waals surface area (Å²) in [5, 5.41) is 27.8. The zero-order chi connectivity index (χ0) is 19.9. The van der Waals surface area contributed by atoms with E-state index < -0.39 is 11.7 Å². The van der Waals surface area contributed by atoms with Gasteiger partial charge in [0, 0.05) is 11.4 Å². The number of hydrogen-bond acceptors (Lipinski definition) is 5. The Morgan fingerprint density at radius 1 is 1.11 bits per heavy atom. The average molecular weight is 428 g/mol. The number of carboxylic acid groups (broad SMARTS) is 1. The van der Waals surface area contributed by atoms with Crippen LogP contribution in [0.25, 0.3) is 10.9 Å². The van der Waals surface area contributed by atoms with Crippen LogP contribution >= 0.6 is 34.8 Å². The third-order valence-corrected chi connectivity index (χ3v) is 4.93. The molecule has 3 aromatic rings. The molecule has 0 radical (unpaired) electrons. The monoisotopic (exact) mass is 426 g/mol. The second-order valence-corrected chi connectivity index (χ2v) is 7.00. The van der Waals surface area contributed by atoms with E-state index in [0.717, 1.165) is 5.52 Å². The summed E-state index contributed by atoms with van der Waals surface area (Å²) in [6.45, 7) is 3.84. The number of nitrogens with zero attached hydrogens (tertiary/aromatic N) is 4. The SMILES string of the molecule is CC(C)n1c(O)c(N=Nc2c(Cl)c(Cl)nc(C(=O)O)c2Cl)c2ccccc21. The van der Waals surface area contributed by atoms with Crippen LogP contribution in [-0.2, 0) is 0 Å². The second-order valence-electron chi connectivity index (χ2n) is 5.89. The highest BCUT2D eigenvalue weighted by molar-refractivity contribution is 6.45. The van der Waals surface area contributed by atoms with Crippen LogP contribution in [0, 0.1) is 0 Å². The van der Waals surface area contributed by atoms with Gasteiger partial charge in [0.15, 0.2) is 16.5 Å². The summed E-state index contributed by atoms with van der Waals surface area (Å²) < 4.78 is 1.70. The number of carbonyl (C=O) groups is 1. The molecule has 3 rings (SSSR count). The Balaban J connectivity index is 2.22. The Hall–Kier alpha value is -2.35. The molecule has 0 unspecified atom stereocenters. The molecule has 0 saturated heterocycles. The topological polar surface area (TPSA) is 100 Å². The summed E-state index contributed by atoms with van der Waals surface area (Å²) in [4.78, 5) is 14.9. The van der Waals surface area contributed by atoms with E-state index in [-0.39, 0.29) is 38.5 Å². The van der Waals surface area contributed by atoms with Gasteiger partial charge < -0.3 is 14.8 Å². The van der Waals surface area contributed by atoms with Crippen LogP contribution in [0.5, 0.6) is 5.88 Å². The molecule has 0 aliphatic heterocycles. The van der Waals surface area contributed by atoms with Crippen LogP contribution < -0.4 is 0 Å². The Kier molecular flexibility index (Phi) is 5.28. The lowest BCUT2D eigenvalue weighted by Crippen LogP contribution is -2.02. The van der Waals surface area contributed by atoms with Crippen molar-refractivity contribution in [3.63, 3.8) is 0 Å². The Morgan fingerprint density at radius 2 is 1.74 bits per heavy atom. The fraction of sp³-hybridized carbons (Fsp3) is 0.176. The van der Waals surface area contributed by atoms with Crippen LogP contribution in [0.4, 0.5) is 11.4 Å². The summed E-state index contributed by atoms with van der Waals surface area (Å²) in [5.41, 5.74) is 0.344. The van der Waals surface area contributed by atoms with E-state index >= 15 is 0 Å². The zero-order valence-electron chi connectivity index (χ0n) is 14.1. The predicted molar refractivity (Wildman–Crippen MR) is 104 cm³/mol. The molecular formula is C17H13Cl3N4O3. The lowest BCUT2D eigenvalue weighted by molar-refractivity contribution is 0.0690. The largest absolute Gasteiger partial charge is 0.493 e. The van der Waals surface area contributed by atoms with Gasteiger partial charge in [0.25, 0.3) is 0 Å². The van der Waals surface area contributed by atoms with Crippen molar-refractivity contribution in [2.75, 3.05) is 0 Å². The van der Waals surface area contributed by atoms with E-state index in [1.807, 2.05) is 26.0 Å². The lowest BCUT2D eigenvalue weighted by atomic mass is 10.2. The number of rotatable bonds is 4. The smallest absolute Gasteiger partial charge is 0.356 e. The third-order valence-electron chi connectivity index (χ3n) is 3.84. The van der Waals surface area contributed by atoms with Crippen LogP contribution in [0.15, 0.2) is 34.5 Å². The van der Waals surface area contributed by atoms with E-state index in [4.69, 9.17) is 34.8 Å². The second kappa shape index (κ2) is 7.34. The standard InChI is InChI=1S/C17H13Cl3N4O3/c1-7(2)24-9-6-4-3-5-8(9)12(16(24)25)22-23-13-10(18)14(17(26)27)21-15(20)11(13)19/h3-7,25H,1-2H3,(H,26,27). The van der Waals surface area contributed by atoms with E-state index in [1.54, 1.807) is 16.7 Å². The fourth-order valence-electron chi connectivity index (χ4n) is 2.69. The van der Waals surface area contributed by atoms with Crippen molar-refractivity contribution >= 4 is 63.0 Å². The average Bonchev–Trinajstić information content (AvgIpc) is 2.89. The molecule has 0 spiro atoms. The lowest BCUT2D eigenvalue weighted by Gasteiger charge is -2.10. The van der Waals surface area contributed by atoms with Gasteiger partial charge in [0.1, 0.15) is 15.7 Å². The molecule has 0 aliphatic rings. The molecule has 2 aromatic heterocycles. The van der Waals surface area contributed by atoms with Gasteiger partial charge in [-0.05, 0) is 19.9 Å². The number of pyridine rings is 1. The van der Waals surface area contributed by atoms with Crippen LogP contribution in [0.2, 0.25) is 15.2 Å². The number of aromatic carboxylic acids is 1. The summed E-state index contributed by atoms with van der Waals surface area (Å²) in [7, 11) is 0. The maximum Gasteiger partial charge on any atom is 0.356 e. The number of azo groups is 1. The molecule has 10 heteroatoms. The number of aromatic nitrogens is 2. The van der Waals surface area contributed by atoms with Crippen molar-refractivity contribution in [1.82, 2.24) is 9.55 Å². The van der Waals surface area contributed by atoms with Gasteiger partial charge in [0.2, 0.25) is 5.88 Å². The maximum atomic E-state index is 11.3. The van der Waals surface area contributed by atoms with Crippen molar-refractivity contribution in [2.24, 2.45) is 10.2 Å². The Bertz CT molecular complexity index is 1090. The first-order valence-electron chi connectivity index (χ1n) is 7.75. The summed E-state index contributed by atoms with van der Waals surface area (Å²) in [5.74, 6) is -1.46. The molecule has 1 aromatic carbocycles. The molecule has 0 saturated carbocycles. The number of fused-ring (bicyclic) bond motifs is 1. The van der Waals surface area contributed by atoms with Gasteiger partial charge in [-0.15, -0.1) is 10.2 Å². The Morgan fingerprint density at radius 3 is 2.37 bits per heavy atom. The molecule has 0 bridgehead atoms. The molecule has 2 N–H and O–H groups in total. The minimum absolute atomic E-state index is 0.0278. The van der Waals surface area contributed by atoms with E-state index in [0.29, 0.717) is 5.39 Å². The molecule has 27 heavy (non-hydrogen) atoms. The highest BCUT2D eigenvalue weighted by Crippen LogP contribution is 2.44. The molecule has 2 heterocycles. The van der Waals surface area contributed by atoms with Gasteiger partial charge in [-0.25, -0.2) is 9.78 Å². The van der Waals surface area contributed by atoms with Crippen molar-refractivity contribution < 1.29 is 15.0 Å². The number of benzene rings is 1. The first-order chi connectivity index (χ1) is 12.7. The number of carboxylic acids is 1. The minimum atomic E-state index is -1.38. The molecule has 7 nitrogen and oxygen atoms in total. The predicted octanol–water partition coefficient (Wildman–Crippen LogP) is 6.40. The maximum absolute atomic E-state index is 11.3. The zero-order valence-corrected chi connectivity index (χ0v) is 16.4. The highest BCUT2D eigenvalue weighted by atomic mass is 35.5. The molecule has 0 fully saturated rings. The van der Waals surface area contributed by atoms with Crippen molar-refractivity contribution in [3.8, 4) is 5.88 Å². The first kappa shape index (κ1) is 19.4. The normalized spacial score (nSPS) is 11.8. The summed E-state index contributed by atoms with van der Waals surface area (Å²) in [6.07, 6.45) is 0. The molecule has 0 aliphatic carbocycles. The van der Waals surface area contributed by atoms with Crippen molar-refractivity contribution in [3.05, 3.63) is 45.2 Å². The third kappa shape index (κ3) is 3.34. The van der Waals surface area contributed by atoms with Crippen molar-refractivity contribution in [2.45, 2.75) is 19.9 Å². The summed E-state index contributed by atoms with van der Waals surface area (Å²) >= 11 is 18.0. The van der Waals surface area contributed by atoms with E-state index in [1.165, 1.54) is 0 Å². The molecule has 0 atom stereocenters. The fourth-order valence-corrected chi connectivity index (χ4v) is 3.34. The van der Waals surface area contributed by atoms with Gasteiger partial charge in [-0.2, -0.15) is 0 Å². The van der Waals surface area contributed by atoms with Crippen LogP contribution in [-0.4, -0.2) is 25.7 Å². The van der Waals surface area contributed by atoms with Gasteiger partial charge >= 0.3 is 5.97 Å². The summed E-state index contributed by atoms with van der Waals surface area (Å²) in [6, 6.07) is 7.25. The number of aromatic hydroxyl groups is 1. The number of para-hydroxylation sites is 1.